The van der Waals surface area contributed by atoms with E-state index in [2.05, 4.69) is 49.8 Å². The summed E-state index contributed by atoms with van der Waals surface area (Å²) < 4.78 is 70.3. The van der Waals surface area contributed by atoms with E-state index in [0.29, 0.717) is 112 Å². The Kier molecular flexibility index (Phi) is 23.8. The summed E-state index contributed by atoms with van der Waals surface area (Å²) in [6, 6.07) is 32.7. The Hall–Kier alpha value is -8.64. The number of halogens is 6. The van der Waals surface area contributed by atoms with Gasteiger partial charge in [-0.1, -0.05) is 118 Å². The standard InChI is InChI=1S/C25H20Cl2N4O3S2.C19H16Cl2N4OS.C17H12Cl2N4O2S2.C7H7NO2/c1-34-22-9-7-16(13-28-22)8-10-23-30-24(27)21(35-23)11-17-15-31(25-20(17)12-18(26)14-29-25)36(32,33)19-5-3-2-4-6-19;1-26-16-4-2-11(8-22-16)3-5-17-25-18(21)15(27-17)6-12-9-23-19-14(12)7-13(20)10-24-19;18-11-7-13-10(6-14-15(19)22-17(20)26-14)9-23(16(13)21-8-11)27(24,25)12-4-2-1-3-5-12;1-10-7-3-2-6(5-9)4-8-7/h2-7,9,12-15H,8,10-11H2,1H3;2,4,7-10H,3,5-6H2,1H3,(H,23,24);1-5,7-9H,6H2,(H2,20,22);2-5H,1H3. The quantitative estimate of drug-likeness (QED) is 0.0671. The van der Waals surface area contributed by atoms with Crippen molar-refractivity contribution in [3.05, 3.63) is 260 Å². The van der Waals surface area contributed by atoms with Gasteiger partial charge in [0.1, 0.15) is 21.1 Å². The number of nitrogens with one attached hydrogen (secondary N) is 1. The van der Waals surface area contributed by atoms with Gasteiger partial charge in [-0.2, -0.15) is 0 Å². The summed E-state index contributed by atoms with van der Waals surface area (Å²) in [6.07, 6.45) is 20.0. The van der Waals surface area contributed by atoms with Crippen LogP contribution in [0.2, 0.25) is 30.5 Å². The summed E-state index contributed by atoms with van der Waals surface area (Å²) in [5.74, 6) is 1.71. The number of benzene rings is 2. The van der Waals surface area contributed by atoms with Crippen LogP contribution in [0.4, 0.5) is 5.13 Å². The molecule has 12 aromatic heterocycles. The lowest BCUT2D eigenvalue weighted by Gasteiger charge is -2.06. The van der Waals surface area contributed by atoms with Crippen LogP contribution in [0, 0.1) is 0 Å². The maximum Gasteiger partial charge on any atom is 0.269 e. The minimum absolute atomic E-state index is 0.172. The van der Waals surface area contributed by atoms with E-state index in [1.54, 1.807) is 123 Å². The fraction of sp³-hybridized carbons (Fsp3) is 0.147. The SMILES string of the molecule is COc1ccc(C=O)cn1.COc1ccc(CCc2nc(Cl)c(Cc3c[nH]c4ncc(Cl)cc34)s2)cn1.COc1ccc(CCc2nc(Cl)c(Cc3cn(S(=O)(=O)c4ccccc4)c4ncc(Cl)cc34)s2)cn1.Nc1nc(Cl)c(Cc2cn(S(=O)(=O)c3ccccc3)c3ncc(Cl)cc23)s1. The molecule has 0 aliphatic rings. The Morgan fingerprint density at radius 1 is 0.480 bits per heavy atom. The van der Waals surface area contributed by atoms with E-state index in [-0.39, 0.29) is 9.79 Å². The fourth-order valence-corrected chi connectivity index (χ4v) is 17.0. The van der Waals surface area contributed by atoms with Crippen molar-refractivity contribution >= 4 is 168 Å². The smallest absolute Gasteiger partial charge is 0.269 e. The van der Waals surface area contributed by atoms with Gasteiger partial charge in [0.25, 0.3) is 20.0 Å². The van der Waals surface area contributed by atoms with Gasteiger partial charge in [0.2, 0.25) is 17.6 Å². The molecule has 0 amide bonds. The fourth-order valence-electron chi connectivity index (χ4n) is 10.1. The second-order valence-corrected chi connectivity index (χ2v) is 31.0. The Morgan fingerprint density at radius 3 is 1.31 bits per heavy atom. The lowest BCUT2D eigenvalue weighted by molar-refractivity contribution is 0.112. The van der Waals surface area contributed by atoms with Crippen LogP contribution in [0.25, 0.3) is 33.1 Å². The highest BCUT2D eigenvalue weighted by Crippen LogP contribution is 2.36. The summed E-state index contributed by atoms with van der Waals surface area (Å²) in [5, 5.41) is 7.27. The molecular weight excluding hydrogens is 1500 g/mol. The van der Waals surface area contributed by atoms with Gasteiger partial charge in [0, 0.05) is 138 Å². The summed E-state index contributed by atoms with van der Waals surface area (Å²) in [7, 11) is -2.94. The van der Waals surface area contributed by atoms with Gasteiger partial charge in [-0.25, -0.2) is 69.6 Å². The summed E-state index contributed by atoms with van der Waals surface area (Å²) in [5.41, 5.74) is 12.5. The van der Waals surface area contributed by atoms with Crippen LogP contribution < -0.4 is 19.9 Å². The number of carbonyl (C=O) groups excluding carboxylic acids is 1. The van der Waals surface area contributed by atoms with E-state index >= 15 is 0 Å². The molecule has 0 saturated carbocycles. The van der Waals surface area contributed by atoms with Crippen LogP contribution in [0.3, 0.4) is 0 Å². The summed E-state index contributed by atoms with van der Waals surface area (Å²) in [6.45, 7) is 0. The number of fused-ring (bicyclic) bond motifs is 3. The number of nitrogen functional groups attached to an aromatic ring is 1. The molecule has 12 heterocycles. The number of pyridine rings is 6. The van der Waals surface area contributed by atoms with Gasteiger partial charge >= 0.3 is 0 Å². The average Bonchev–Trinajstić information content (AvgIpc) is 1.60. The zero-order valence-electron chi connectivity index (χ0n) is 52.8. The van der Waals surface area contributed by atoms with Gasteiger partial charge < -0.3 is 24.9 Å². The van der Waals surface area contributed by atoms with Crippen molar-refractivity contribution in [3.63, 3.8) is 0 Å². The third kappa shape index (κ3) is 17.6. The Balaban J connectivity index is 0.000000143. The third-order valence-electron chi connectivity index (χ3n) is 15.0. The van der Waals surface area contributed by atoms with Gasteiger partial charge in [0.15, 0.2) is 22.7 Å². The molecule has 2 aromatic carbocycles. The number of thiazole rings is 3. The van der Waals surface area contributed by atoms with Crippen molar-refractivity contribution in [2.45, 2.75) is 54.7 Å². The van der Waals surface area contributed by atoms with E-state index in [1.165, 1.54) is 68.5 Å². The predicted molar refractivity (Wildman–Crippen MR) is 395 cm³/mol. The van der Waals surface area contributed by atoms with E-state index in [1.807, 2.05) is 42.7 Å². The van der Waals surface area contributed by atoms with Crippen molar-refractivity contribution in [3.8, 4) is 17.6 Å². The molecule has 100 heavy (non-hydrogen) atoms. The van der Waals surface area contributed by atoms with E-state index in [0.717, 1.165) is 83.5 Å². The maximum absolute atomic E-state index is 13.4. The van der Waals surface area contributed by atoms with Crippen molar-refractivity contribution in [1.82, 2.24) is 57.8 Å². The molecule has 0 radical (unpaired) electrons. The van der Waals surface area contributed by atoms with Crippen LogP contribution in [-0.2, 0) is 65.0 Å². The minimum atomic E-state index is -3.85. The molecule has 0 unspecified atom stereocenters. The second-order valence-electron chi connectivity index (χ2n) is 21.6. The van der Waals surface area contributed by atoms with E-state index in [4.69, 9.17) is 89.5 Å². The van der Waals surface area contributed by atoms with Gasteiger partial charge in [-0.15, -0.1) is 34.0 Å². The molecule has 0 saturated heterocycles. The number of rotatable bonds is 20. The molecule has 0 fully saturated rings. The van der Waals surface area contributed by atoms with Crippen LogP contribution in [0.1, 0.15) is 62.8 Å². The molecule has 0 bridgehead atoms. The third-order valence-corrected chi connectivity index (χ3v) is 23.3. The molecule has 32 heteroatoms. The molecule has 0 aliphatic heterocycles. The number of aromatic nitrogens is 12. The second kappa shape index (κ2) is 32.8. The first-order valence-electron chi connectivity index (χ1n) is 29.9. The largest absolute Gasteiger partial charge is 0.481 e. The van der Waals surface area contributed by atoms with Crippen molar-refractivity contribution in [2.24, 2.45) is 0 Å². The number of aryl methyl sites for hydroxylation is 4. The highest BCUT2D eigenvalue weighted by Gasteiger charge is 2.26. The highest BCUT2D eigenvalue weighted by atomic mass is 35.5. The number of ether oxygens (including phenoxy) is 3. The lowest BCUT2D eigenvalue weighted by Crippen LogP contribution is -2.12. The highest BCUT2D eigenvalue weighted by molar-refractivity contribution is 7.90. The average molecular weight is 1560 g/mol. The number of nitrogens with two attached hydrogens (primary N) is 1. The number of aromatic amines is 1. The zero-order chi connectivity index (χ0) is 70.7. The van der Waals surface area contributed by atoms with Crippen molar-refractivity contribution < 1.29 is 35.8 Å². The molecule has 512 valence electrons. The molecule has 14 rings (SSSR count). The molecular formula is C68H55Cl6N13O8S5. The Bertz CT molecular complexity index is 5410. The number of methoxy groups -OCH3 is 3. The molecule has 3 N–H and O–H groups in total. The number of nitrogens with zero attached hydrogens (tertiary/aromatic N) is 11. The number of anilines is 1. The van der Waals surface area contributed by atoms with E-state index in [9.17, 15) is 21.6 Å². The zero-order valence-corrected chi connectivity index (χ0v) is 61.4. The molecule has 21 nitrogen and oxygen atoms in total. The number of carbonyl (C=O) groups is 1. The van der Waals surface area contributed by atoms with E-state index < -0.39 is 20.0 Å². The van der Waals surface area contributed by atoms with Crippen LogP contribution in [0.15, 0.2) is 181 Å². The van der Waals surface area contributed by atoms with Crippen molar-refractivity contribution in [2.75, 3.05) is 27.1 Å². The first kappa shape index (κ1) is 72.6. The predicted octanol–water partition coefficient (Wildman–Crippen LogP) is 16.0. The lowest BCUT2D eigenvalue weighted by atomic mass is 10.1. The first-order chi connectivity index (χ1) is 48.2. The van der Waals surface area contributed by atoms with Gasteiger partial charge in [0.05, 0.1) is 61.1 Å². The molecule has 0 spiro atoms. The van der Waals surface area contributed by atoms with Crippen LogP contribution >= 0.6 is 104 Å². The molecule has 0 aliphatic carbocycles. The molecule has 0 atom stereocenters. The first-order valence-corrected chi connectivity index (χ1v) is 37.5. The van der Waals surface area contributed by atoms with Crippen LogP contribution in [-0.4, -0.2) is 102 Å². The van der Waals surface area contributed by atoms with Gasteiger partial charge in [-0.3, -0.25) is 4.79 Å². The number of hydrogen-bond donors (Lipinski definition) is 2. The number of H-pyrrole nitrogens is 1. The Morgan fingerprint density at radius 2 is 0.900 bits per heavy atom. The number of hydrogen-bond acceptors (Lipinski definition) is 21. The maximum atomic E-state index is 13.4. The van der Waals surface area contributed by atoms with Gasteiger partial charge in [-0.05, 0) is 89.2 Å². The minimum Gasteiger partial charge on any atom is -0.481 e. The van der Waals surface area contributed by atoms with Crippen molar-refractivity contribution in [1.29, 1.82) is 0 Å². The Labute approximate surface area is 615 Å². The summed E-state index contributed by atoms with van der Waals surface area (Å²) in [4.78, 5) is 54.5. The topological polar surface area (TPSA) is 281 Å². The molecule has 14 aromatic rings. The van der Waals surface area contributed by atoms with Crippen LogP contribution in [0.5, 0.6) is 17.6 Å². The monoisotopic (exact) mass is 1550 g/mol. The number of aldehydes is 1. The normalized spacial score (nSPS) is 11.4. The summed E-state index contributed by atoms with van der Waals surface area (Å²) >= 11 is 41.8.